The first-order chi connectivity index (χ1) is 8.90. The number of rotatable bonds is 3. The molecule has 1 heterocycles. The van der Waals surface area contributed by atoms with Crippen LogP contribution >= 0.6 is 0 Å². The zero-order chi connectivity index (χ0) is 14.2. The molecule has 0 saturated heterocycles. The zero-order valence-corrected chi connectivity index (χ0v) is 11.0. The van der Waals surface area contributed by atoms with E-state index in [0.29, 0.717) is 16.7 Å². The lowest BCUT2D eigenvalue weighted by Crippen LogP contribution is -2.16. The zero-order valence-electron chi connectivity index (χ0n) is 11.0. The Morgan fingerprint density at radius 3 is 2.58 bits per heavy atom. The third-order valence-electron chi connectivity index (χ3n) is 2.81. The van der Waals surface area contributed by atoms with Gasteiger partial charge in [0, 0.05) is 18.5 Å². The summed E-state index contributed by atoms with van der Waals surface area (Å²) < 4.78 is 7.01. The molecule has 0 unspecified atom stereocenters. The van der Waals surface area contributed by atoms with Crippen LogP contribution in [-0.4, -0.2) is 21.7 Å². The van der Waals surface area contributed by atoms with Crippen molar-refractivity contribution in [2.45, 2.75) is 20.0 Å². The van der Waals surface area contributed by atoms with Crippen molar-refractivity contribution in [3.05, 3.63) is 40.2 Å². The molecule has 0 fully saturated rings. The maximum Gasteiger partial charge on any atom is 0.352 e. The number of carboxylic acid groups (broad SMARTS) is 1. The number of hydrogen-bond donors (Lipinski definition) is 1. The summed E-state index contributed by atoms with van der Waals surface area (Å²) >= 11 is 0. The second kappa shape index (κ2) is 4.76. The first kappa shape index (κ1) is 13.1. The van der Waals surface area contributed by atoms with Crippen LogP contribution in [-0.2, 0) is 7.05 Å². The molecule has 5 heteroatoms. The molecule has 0 radical (unpaired) electrons. The molecule has 0 amide bonds. The van der Waals surface area contributed by atoms with Gasteiger partial charge in [0.15, 0.2) is 5.43 Å². The molecule has 0 saturated carbocycles. The van der Waals surface area contributed by atoms with E-state index in [1.165, 1.54) is 4.57 Å². The van der Waals surface area contributed by atoms with Gasteiger partial charge in [-0.2, -0.15) is 0 Å². The van der Waals surface area contributed by atoms with Crippen molar-refractivity contribution in [2.75, 3.05) is 0 Å². The van der Waals surface area contributed by atoms with Gasteiger partial charge < -0.3 is 14.4 Å². The number of aromatic nitrogens is 1. The molecule has 1 N–H and O–H groups in total. The predicted octanol–water partition coefficient (Wildman–Crippen LogP) is 2.02. The number of carbonyl (C=O) groups is 1. The molecule has 0 spiro atoms. The highest BCUT2D eigenvalue weighted by molar-refractivity contribution is 5.90. The Balaban J connectivity index is 2.69. The molecule has 0 bridgehead atoms. The molecule has 1 aromatic carbocycles. The van der Waals surface area contributed by atoms with E-state index >= 15 is 0 Å². The number of aryl methyl sites for hydroxylation is 1. The van der Waals surface area contributed by atoms with Crippen molar-refractivity contribution in [1.82, 2.24) is 4.57 Å². The molecule has 2 rings (SSSR count). The Morgan fingerprint density at radius 1 is 1.32 bits per heavy atom. The van der Waals surface area contributed by atoms with E-state index in [1.54, 1.807) is 25.2 Å². The van der Waals surface area contributed by atoms with Crippen LogP contribution in [0.3, 0.4) is 0 Å². The van der Waals surface area contributed by atoms with Crippen LogP contribution in [0.1, 0.15) is 24.3 Å². The van der Waals surface area contributed by atoms with E-state index in [-0.39, 0.29) is 17.2 Å². The van der Waals surface area contributed by atoms with E-state index in [4.69, 9.17) is 9.84 Å². The predicted molar refractivity (Wildman–Crippen MR) is 71.9 cm³/mol. The number of aromatic carboxylic acids is 1. The number of ether oxygens (including phenoxy) is 1. The largest absolute Gasteiger partial charge is 0.491 e. The smallest absolute Gasteiger partial charge is 0.352 e. The Kier molecular flexibility index (Phi) is 3.29. The first-order valence-electron chi connectivity index (χ1n) is 5.94. The summed E-state index contributed by atoms with van der Waals surface area (Å²) in [5.41, 5.74) is 0.218. The average molecular weight is 261 g/mol. The van der Waals surface area contributed by atoms with Crippen LogP contribution in [0.25, 0.3) is 10.9 Å². The normalized spacial score (nSPS) is 10.9. The van der Waals surface area contributed by atoms with Gasteiger partial charge in [-0.05, 0) is 32.0 Å². The van der Waals surface area contributed by atoms with Crippen LogP contribution in [0, 0.1) is 0 Å². The third-order valence-corrected chi connectivity index (χ3v) is 2.81. The Hall–Kier alpha value is -2.30. The summed E-state index contributed by atoms with van der Waals surface area (Å²) in [6.07, 6.45) is 0.0135. The van der Waals surface area contributed by atoms with Gasteiger partial charge in [-0.15, -0.1) is 0 Å². The van der Waals surface area contributed by atoms with E-state index < -0.39 is 5.97 Å². The number of benzene rings is 1. The standard InChI is InChI=1S/C14H15NO4/c1-8(2)19-9-4-5-11-10(6-9)13(16)7-12(14(17)18)15(11)3/h4-8H,1-3H3,(H,17,18). The fourth-order valence-electron chi connectivity index (χ4n) is 1.98. The van der Waals surface area contributed by atoms with Crippen LogP contribution in [0.2, 0.25) is 0 Å². The SMILES string of the molecule is CC(C)Oc1ccc2c(c1)c(=O)cc(C(=O)O)n2C. The maximum absolute atomic E-state index is 12.0. The van der Waals surface area contributed by atoms with Gasteiger partial charge in [-0.1, -0.05) is 0 Å². The van der Waals surface area contributed by atoms with Gasteiger partial charge in [0.2, 0.25) is 0 Å². The molecule has 19 heavy (non-hydrogen) atoms. The fraction of sp³-hybridized carbons (Fsp3) is 0.286. The van der Waals surface area contributed by atoms with E-state index in [0.717, 1.165) is 6.07 Å². The van der Waals surface area contributed by atoms with Crippen LogP contribution in [0.5, 0.6) is 5.75 Å². The topological polar surface area (TPSA) is 68.5 Å². The van der Waals surface area contributed by atoms with Crippen molar-refractivity contribution in [3.8, 4) is 5.75 Å². The Bertz CT molecular complexity index is 700. The van der Waals surface area contributed by atoms with Crippen molar-refractivity contribution in [2.24, 2.45) is 7.05 Å². The van der Waals surface area contributed by atoms with Crippen molar-refractivity contribution in [3.63, 3.8) is 0 Å². The van der Waals surface area contributed by atoms with Crippen molar-refractivity contribution >= 4 is 16.9 Å². The highest BCUT2D eigenvalue weighted by Gasteiger charge is 2.12. The molecule has 0 atom stereocenters. The highest BCUT2D eigenvalue weighted by Crippen LogP contribution is 2.20. The molecule has 0 aliphatic heterocycles. The van der Waals surface area contributed by atoms with Gasteiger partial charge in [0.05, 0.1) is 11.6 Å². The molecule has 100 valence electrons. The van der Waals surface area contributed by atoms with Crippen LogP contribution in [0.15, 0.2) is 29.1 Å². The summed E-state index contributed by atoms with van der Waals surface area (Å²) in [4.78, 5) is 23.0. The Morgan fingerprint density at radius 2 is 2.00 bits per heavy atom. The van der Waals surface area contributed by atoms with Crippen LogP contribution < -0.4 is 10.2 Å². The molecule has 0 aliphatic rings. The minimum absolute atomic E-state index is 0.0135. The number of pyridine rings is 1. The second-order valence-corrected chi connectivity index (χ2v) is 4.60. The second-order valence-electron chi connectivity index (χ2n) is 4.60. The van der Waals surface area contributed by atoms with Crippen molar-refractivity contribution < 1.29 is 14.6 Å². The number of fused-ring (bicyclic) bond motifs is 1. The number of hydrogen-bond acceptors (Lipinski definition) is 3. The first-order valence-corrected chi connectivity index (χ1v) is 5.94. The molecule has 1 aromatic heterocycles. The average Bonchev–Trinajstić information content (AvgIpc) is 2.32. The van der Waals surface area contributed by atoms with Gasteiger partial charge in [0.1, 0.15) is 11.4 Å². The summed E-state index contributed by atoms with van der Waals surface area (Å²) in [6.45, 7) is 3.80. The number of carboxylic acids is 1. The maximum atomic E-state index is 12.0. The summed E-state index contributed by atoms with van der Waals surface area (Å²) in [5.74, 6) is -0.522. The van der Waals surface area contributed by atoms with Gasteiger partial charge in [-0.3, -0.25) is 4.79 Å². The minimum Gasteiger partial charge on any atom is -0.491 e. The van der Waals surface area contributed by atoms with Gasteiger partial charge >= 0.3 is 5.97 Å². The van der Waals surface area contributed by atoms with Gasteiger partial charge in [-0.25, -0.2) is 4.79 Å². The lowest BCUT2D eigenvalue weighted by atomic mass is 10.1. The lowest BCUT2D eigenvalue weighted by molar-refractivity contribution is 0.0686. The Labute approximate surface area is 110 Å². The molecular formula is C14H15NO4. The van der Waals surface area contributed by atoms with E-state index in [1.807, 2.05) is 13.8 Å². The highest BCUT2D eigenvalue weighted by atomic mass is 16.5. The quantitative estimate of drug-likeness (QED) is 0.917. The minimum atomic E-state index is -1.12. The van der Waals surface area contributed by atoms with E-state index in [2.05, 4.69) is 0 Å². The molecular weight excluding hydrogens is 246 g/mol. The summed E-state index contributed by atoms with van der Waals surface area (Å²) in [5, 5.41) is 9.49. The number of nitrogens with zero attached hydrogens (tertiary/aromatic N) is 1. The van der Waals surface area contributed by atoms with Crippen molar-refractivity contribution in [1.29, 1.82) is 0 Å². The summed E-state index contributed by atoms with van der Waals surface area (Å²) in [7, 11) is 1.62. The third kappa shape index (κ3) is 2.45. The van der Waals surface area contributed by atoms with Crippen LogP contribution in [0.4, 0.5) is 0 Å². The molecule has 5 nitrogen and oxygen atoms in total. The monoisotopic (exact) mass is 261 g/mol. The lowest BCUT2D eigenvalue weighted by Gasteiger charge is -2.12. The summed E-state index contributed by atoms with van der Waals surface area (Å²) in [6, 6.07) is 6.20. The van der Waals surface area contributed by atoms with E-state index in [9.17, 15) is 9.59 Å². The molecule has 0 aliphatic carbocycles. The fourth-order valence-corrected chi connectivity index (χ4v) is 1.98. The molecule has 2 aromatic rings. The van der Waals surface area contributed by atoms with Gasteiger partial charge in [0.25, 0.3) is 0 Å².